The van der Waals surface area contributed by atoms with Gasteiger partial charge in [0, 0.05) is 6.21 Å². The van der Waals surface area contributed by atoms with Gasteiger partial charge in [0.1, 0.15) is 11.4 Å². The van der Waals surface area contributed by atoms with Crippen LogP contribution >= 0.6 is 0 Å². The number of aliphatic imine (C=N–C) groups is 1. The van der Waals surface area contributed by atoms with Gasteiger partial charge in [-0.1, -0.05) is 36.4 Å². The van der Waals surface area contributed by atoms with Crippen molar-refractivity contribution in [2.45, 2.75) is 0 Å². The van der Waals surface area contributed by atoms with Gasteiger partial charge < -0.3 is 9.84 Å². The van der Waals surface area contributed by atoms with Gasteiger partial charge in [0.2, 0.25) is 0 Å². The van der Waals surface area contributed by atoms with E-state index in [1.54, 1.807) is 25.5 Å². The fourth-order valence-electron chi connectivity index (χ4n) is 1.46. The minimum Gasteiger partial charge on any atom is -0.872 e. The summed E-state index contributed by atoms with van der Waals surface area (Å²) in [5.74, 6) is 0.651. The first-order valence-corrected chi connectivity index (χ1v) is 5.24. The second-order valence-electron chi connectivity index (χ2n) is 3.47. The number of hydrogen-bond donors (Lipinski definition) is 0. The van der Waals surface area contributed by atoms with E-state index in [1.165, 1.54) is 6.07 Å². The Morgan fingerprint density at radius 1 is 1.06 bits per heavy atom. The maximum atomic E-state index is 11.5. The average molecular weight is 249 g/mol. The van der Waals surface area contributed by atoms with Crippen molar-refractivity contribution in [3.8, 4) is 11.5 Å². The summed E-state index contributed by atoms with van der Waals surface area (Å²) in [5.41, 5.74) is 1.27. The molecule has 0 aliphatic rings. The van der Waals surface area contributed by atoms with E-state index < -0.39 is 0 Å². The van der Waals surface area contributed by atoms with Crippen molar-refractivity contribution in [1.29, 1.82) is 0 Å². The van der Waals surface area contributed by atoms with Gasteiger partial charge >= 0.3 is 29.6 Å². The van der Waals surface area contributed by atoms with Crippen LogP contribution in [0.4, 0.5) is 5.69 Å². The van der Waals surface area contributed by atoms with Crippen molar-refractivity contribution in [1.82, 2.24) is 0 Å². The number of rotatable bonds is 3. The molecule has 0 aliphatic heterocycles. The minimum absolute atomic E-state index is 0. The molecule has 4 heteroatoms. The summed E-state index contributed by atoms with van der Waals surface area (Å²) >= 11 is 0. The molecular formula is C14H12NNaO2. The van der Waals surface area contributed by atoms with Crippen molar-refractivity contribution < 1.29 is 39.4 Å². The molecule has 2 aromatic rings. The topological polar surface area (TPSA) is 44.6 Å². The average Bonchev–Trinajstić information content (AvgIpc) is 2.38. The number of benzene rings is 2. The zero-order valence-corrected chi connectivity index (χ0v) is 12.5. The summed E-state index contributed by atoms with van der Waals surface area (Å²) in [5, 5.41) is 11.5. The van der Waals surface area contributed by atoms with Crippen LogP contribution in [-0.4, -0.2) is 13.3 Å². The molecule has 86 valence electrons. The van der Waals surface area contributed by atoms with Gasteiger partial charge in [0.25, 0.3) is 0 Å². The summed E-state index contributed by atoms with van der Waals surface area (Å²) in [6.45, 7) is 0. The molecule has 0 fully saturated rings. The number of hydrogen-bond acceptors (Lipinski definition) is 3. The zero-order chi connectivity index (χ0) is 12.1. The van der Waals surface area contributed by atoms with Crippen LogP contribution in [0.25, 0.3) is 0 Å². The van der Waals surface area contributed by atoms with Gasteiger partial charge in [-0.2, -0.15) is 0 Å². The molecule has 18 heavy (non-hydrogen) atoms. The molecule has 0 unspecified atom stereocenters. The normalized spacial score (nSPS) is 10.1. The third-order valence-corrected chi connectivity index (χ3v) is 2.35. The molecule has 0 amide bonds. The molecule has 3 nitrogen and oxygen atoms in total. The van der Waals surface area contributed by atoms with Gasteiger partial charge in [-0.25, -0.2) is 0 Å². The van der Waals surface area contributed by atoms with Crippen LogP contribution in [0.2, 0.25) is 0 Å². The Hall–Kier alpha value is -1.29. The maximum absolute atomic E-state index is 11.5. The molecule has 0 spiro atoms. The summed E-state index contributed by atoms with van der Waals surface area (Å²) in [4.78, 5) is 4.26. The summed E-state index contributed by atoms with van der Waals surface area (Å²) in [6, 6.07) is 14.2. The van der Waals surface area contributed by atoms with Crippen LogP contribution in [-0.2, 0) is 0 Å². The summed E-state index contributed by atoms with van der Waals surface area (Å²) in [7, 11) is 1.59. The quantitative estimate of drug-likeness (QED) is 0.545. The van der Waals surface area contributed by atoms with Crippen molar-refractivity contribution >= 4 is 11.9 Å². The molecule has 0 aromatic heterocycles. The van der Waals surface area contributed by atoms with E-state index in [1.807, 2.05) is 30.3 Å². The zero-order valence-electron chi connectivity index (χ0n) is 10.5. The fourth-order valence-corrected chi connectivity index (χ4v) is 1.46. The van der Waals surface area contributed by atoms with E-state index in [2.05, 4.69) is 4.99 Å². The van der Waals surface area contributed by atoms with Crippen LogP contribution in [0, 0.1) is 0 Å². The SMILES string of the molecule is COc1ccccc1N=Cc1ccccc1[O-].[Na+]. The van der Waals surface area contributed by atoms with Crippen LogP contribution in [0.1, 0.15) is 5.56 Å². The molecule has 0 bridgehead atoms. The molecule has 2 aromatic carbocycles. The van der Waals surface area contributed by atoms with Gasteiger partial charge in [-0.15, -0.1) is 5.75 Å². The molecule has 0 saturated carbocycles. The van der Waals surface area contributed by atoms with Crippen LogP contribution in [0.5, 0.6) is 11.5 Å². The standard InChI is InChI=1S/C14H13NO2.Na/c1-17-14-9-5-3-7-12(14)15-10-11-6-2-4-8-13(11)16;/h2-10,16H,1H3;/q;+1/p-1. The Kier molecular flexibility index (Phi) is 5.92. The number of methoxy groups -OCH3 is 1. The van der Waals surface area contributed by atoms with Gasteiger partial charge in [-0.3, -0.25) is 4.99 Å². The van der Waals surface area contributed by atoms with Crippen molar-refractivity contribution in [3.63, 3.8) is 0 Å². The monoisotopic (exact) mass is 249 g/mol. The molecule has 0 aliphatic carbocycles. The second-order valence-corrected chi connectivity index (χ2v) is 3.47. The van der Waals surface area contributed by atoms with E-state index in [9.17, 15) is 5.11 Å². The minimum atomic E-state index is -0.0360. The van der Waals surface area contributed by atoms with E-state index >= 15 is 0 Å². The Bertz CT molecular complexity index is 541. The molecular weight excluding hydrogens is 237 g/mol. The van der Waals surface area contributed by atoms with Gasteiger partial charge in [0.15, 0.2) is 0 Å². The maximum Gasteiger partial charge on any atom is 1.00 e. The van der Waals surface area contributed by atoms with Crippen LogP contribution in [0.3, 0.4) is 0 Å². The third kappa shape index (κ3) is 3.60. The Balaban J connectivity index is 0.00000162. The van der Waals surface area contributed by atoms with E-state index in [-0.39, 0.29) is 35.3 Å². The number of para-hydroxylation sites is 3. The van der Waals surface area contributed by atoms with E-state index in [0.29, 0.717) is 17.0 Å². The van der Waals surface area contributed by atoms with Crippen molar-refractivity contribution in [3.05, 3.63) is 54.1 Å². The van der Waals surface area contributed by atoms with Crippen molar-refractivity contribution in [2.75, 3.05) is 7.11 Å². The summed E-state index contributed by atoms with van der Waals surface area (Å²) in [6.07, 6.45) is 1.56. The van der Waals surface area contributed by atoms with Gasteiger partial charge in [0.05, 0.1) is 7.11 Å². The molecule has 0 heterocycles. The third-order valence-electron chi connectivity index (χ3n) is 2.35. The smallest absolute Gasteiger partial charge is 0.872 e. The van der Waals surface area contributed by atoms with Crippen LogP contribution in [0.15, 0.2) is 53.5 Å². The first-order valence-electron chi connectivity index (χ1n) is 5.24. The summed E-state index contributed by atoms with van der Waals surface area (Å²) < 4.78 is 5.17. The second kappa shape index (κ2) is 7.21. The molecule has 0 atom stereocenters. The predicted octanol–water partition coefficient (Wildman–Crippen LogP) is -0.477. The fraction of sp³-hybridized carbons (Fsp3) is 0.0714. The number of ether oxygens (including phenoxy) is 1. The molecule has 0 saturated heterocycles. The Morgan fingerprint density at radius 2 is 1.72 bits per heavy atom. The predicted molar refractivity (Wildman–Crippen MR) is 66.1 cm³/mol. The van der Waals surface area contributed by atoms with Crippen LogP contribution < -0.4 is 39.4 Å². The molecule has 2 rings (SSSR count). The number of nitrogens with zero attached hydrogens (tertiary/aromatic N) is 1. The largest absolute Gasteiger partial charge is 1.00 e. The molecule has 0 radical (unpaired) electrons. The van der Waals surface area contributed by atoms with Gasteiger partial charge in [-0.05, 0) is 17.7 Å². The van der Waals surface area contributed by atoms with E-state index in [0.717, 1.165) is 0 Å². The first kappa shape index (κ1) is 14.8. The van der Waals surface area contributed by atoms with Crippen molar-refractivity contribution in [2.24, 2.45) is 4.99 Å². The first-order chi connectivity index (χ1) is 8.31. The molecule has 0 N–H and O–H groups in total. The Morgan fingerprint density at radius 3 is 2.44 bits per heavy atom. The van der Waals surface area contributed by atoms with E-state index in [4.69, 9.17) is 4.74 Å². The Labute approximate surface area is 128 Å².